The monoisotopic (exact) mass is 277 g/mol. The minimum Gasteiger partial charge on any atom is -0.326 e. The van der Waals surface area contributed by atoms with Gasteiger partial charge in [-0.3, -0.25) is 9.59 Å². The quantitative estimate of drug-likeness (QED) is 0.902. The van der Waals surface area contributed by atoms with Gasteiger partial charge in [0.2, 0.25) is 11.8 Å². The lowest BCUT2D eigenvalue weighted by atomic mass is 10.3. The second-order valence-corrected chi connectivity index (χ2v) is 5.04. The topological polar surface area (TPSA) is 71.1 Å². The molecular weight excluding hydrogens is 262 g/mol. The maximum absolute atomic E-state index is 11.3. The lowest BCUT2D eigenvalue weighted by molar-refractivity contribution is -0.116. The number of aromatic nitrogens is 1. The molecular formula is C13H15N3O2S. The maximum atomic E-state index is 11.3. The van der Waals surface area contributed by atoms with E-state index in [1.54, 1.807) is 19.9 Å². The Morgan fingerprint density at radius 1 is 1.16 bits per heavy atom. The Balaban J connectivity index is 2.23. The van der Waals surface area contributed by atoms with Gasteiger partial charge in [-0.2, -0.15) is 0 Å². The highest BCUT2D eigenvalue weighted by molar-refractivity contribution is 7.22. The first-order valence-corrected chi connectivity index (χ1v) is 6.94. The summed E-state index contributed by atoms with van der Waals surface area (Å²) in [5.41, 5.74) is 1.56. The van der Waals surface area contributed by atoms with E-state index in [0.29, 0.717) is 18.0 Å². The molecule has 1 heterocycles. The van der Waals surface area contributed by atoms with Gasteiger partial charge in [0.05, 0.1) is 10.2 Å². The van der Waals surface area contributed by atoms with Crippen LogP contribution in [0.3, 0.4) is 0 Å². The fourth-order valence-corrected chi connectivity index (χ4v) is 2.43. The van der Waals surface area contributed by atoms with Crippen LogP contribution in [-0.4, -0.2) is 16.8 Å². The molecule has 0 spiro atoms. The Morgan fingerprint density at radius 3 is 2.53 bits per heavy atom. The van der Waals surface area contributed by atoms with E-state index in [1.165, 1.54) is 11.3 Å². The molecule has 0 saturated carbocycles. The lowest BCUT2D eigenvalue weighted by Gasteiger charge is -2.02. The number of carbonyl (C=O) groups excluding carboxylic acids is 2. The second kappa shape index (κ2) is 5.79. The van der Waals surface area contributed by atoms with E-state index in [-0.39, 0.29) is 11.8 Å². The van der Waals surface area contributed by atoms with Crippen LogP contribution in [0.2, 0.25) is 0 Å². The molecule has 2 aromatic rings. The summed E-state index contributed by atoms with van der Waals surface area (Å²) in [7, 11) is 0. The van der Waals surface area contributed by atoms with E-state index in [1.807, 2.05) is 12.1 Å². The van der Waals surface area contributed by atoms with E-state index in [2.05, 4.69) is 15.6 Å². The van der Waals surface area contributed by atoms with E-state index >= 15 is 0 Å². The molecule has 0 atom stereocenters. The predicted molar refractivity (Wildman–Crippen MR) is 77.5 cm³/mol. The third-order valence-corrected chi connectivity index (χ3v) is 3.49. The van der Waals surface area contributed by atoms with Gasteiger partial charge in [0, 0.05) is 18.5 Å². The minimum atomic E-state index is -0.0569. The van der Waals surface area contributed by atoms with Gasteiger partial charge in [-0.25, -0.2) is 4.98 Å². The Bertz CT molecular complexity index is 605. The Morgan fingerprint density at radius 2 is 1.84 bits per heavy atom. The van der Waals surface area contributed by atoms with E-state index in [4.69, 9.17) is 0 Å². The van der Waals surface area contributed by atoms with E-state index in [0.717, 1.165) is 15.9 Å². The van der Waals surface area contributed by atoms with Crippen LogP contribution >= 0.6 is 11.3 Å². The second-order valence-electron chi connectivity index (χ2n) is 4.00. The zero-order valence-electron chi connectivity index (χ0n) is 10.8. The molecule has 0 bridgehead atoms. The molecule has 0 aliphatic rings. The van der Waals surface area contributed by atoms with Crippen molar-refractivity contribution in [1.82, 2.24) is 4.98 Å². The number of hydrogen-bond acceptors (Lipinski definition) is 4. The molecule has 1 aromatic carbocycles. The molecule has 0 unspecified atom stereocenters. The number of benzene rings is 1. The van der Waals surface area contributed by atoms with Gasteiger partial charge >= 0.3 is 0 Å². The zero-order valence-corrected chi connectivity index (χ0v) is 11.6. The summed E-state index contributed by atoms with van der Waals surface area (Å²) >= 11 is 1.40. The van der Waals surface area contributed by atoms with Crippen molar-refractivity contribution in [2.24, 2.45) is 0 Å². The summed E-state index contributed by atoms with van der Waals surface area (Å²) in [5, 5.41) is 6.12. The van der Waals surface area contributed by atoms with Crippen LogP contribution in [0.4, 0.5) is 10.8 Å². The van der Waals surface area contributed by atoms with Crippen LogP contribution in [0.1, 0.15) is 26.7 Å². The first kappa shape index (κ1) is 13.5. The Hall–Kier alpha value is -1.95. The van der Waals surface area contributed by atoms with Crippen LogP contribution in [0.25, 0.3) is 10.2 Å². The maximum Gasteiger partial charge on any atom is 0.225 e. The van der Waals surface area contributed by atoms with E-state index < -0.39 is 0 Å². The van der Waals surface area contributed by atoms with Crippen molar-refractivity contribution in [3.05, 3.63) is 18.2 Å². The van der Waals surface area contributed by atoms with Gasteiger partial charge in [-0.05, 0) is 18.2 Å². The SMILES string of the molecule is CCC(=O)Nc1ccc2nc(NC(=O)CC)sc2c1. The van der Waals surface area contributed by atoms with Gasteiger partial charge in [0.25, 0.3) is 0 Å². The predicted octanol–water partition coefficient (Wildman–Crippen LogP) is 2.99. The molecule has 2 amide bonds. The number of anilines is 2. The van der Waals surface area contributed by atoms with Gasteiger partial charge < -0.3 is 10.6 Å². The van der Waals surface area contributed by atoms with Crippen LogP contribution in [-0.2, 0) is 9.59 Å². The Labute approximate surface area is 115 Å². The average Bonchev–Trinajstić information content (AvgIpc) is 2.79. The van der Waals surface area contributed by atoms with Crippen molar-refractivity contribution < 1.29 is 9.59 Å². The number of amides is 2. The van der Waals surface area contributed by atoms with Crippen molar-refractivity contribution in [3.8, 4) is 0 Å². The molecule has 0 radical (unpaired) electrons. The Kier molecular flexibility index (Phi) is 4.11. The first-order chi connectivity index (χ1) is 9.12. The van der Waals surface area contributed by atoms with Crippen molar-refractivity contribution in [1.29, 1.82) is 0 Å². The molecule has 1 aromatic heterocycles. The summed E-state index contributed by atoms with van der Waals surface area (Å²) in [6.07, 6.45) is 0.867. The number of fused-ring (bicyclic) bond motifs is 1. The molecule has 5 nitrogen and oxygen atoms in total. The van der Waals surface area contributed by atoms with Crippen LogP contribution < -0.4 is 10.6 Å². The number of carbonyl (C=O) groups is 2. The highest BCUT2D eigenvalue weighted by atomic mass is 32.1. The highest BCUT2D eigenvalue weighted by Crippen LogP contribution is 2.28. The number of thiazole rings is 1. The van der Waals surface area contributed by atoms with Crippen molar-refractivity contribution in [2.45, 2.75) is 26.7 Å². The van der Waals surface area contributed by atoms with Crippen molar-refractivity contribution in [2.75, 3.05) is 10.6 Å². The van der Waals surface area contributed by atoms with Crippen molar-refractivity contribution >= 4 is 44.2 Å². The highest BCUT2D eigenvalue weighted by Gasteiger charge is 2.07. The average molecular weight is 277 g/mol. The molecule has 0 saturated heterocycles. The summed E-state index contributed by atoms with van der Waals surface area (Å²) in [6, 6.07) is 5.50. The van der Waals surface area contributed by atoms with Gasteiger partial charge in [-0.15, -0.1) is 0 Å². The van der Waals surface area contributed by atoms with Gasteiger partial charge in [0.15, 0.2) is 5.13 Å². The molecule has 0 fully saturated rings. The molecule has 6 heteroatoms. The fraction of sp³-hybridized carbons (Fsp3) is 0.308. The van der Waals surface area contributed by atoms with Gasteiger partial charge in [-0.1, -0.05) is 25.2 Å². The standard InChI is InChI=1S/C13H15N3O2S/c1-3-11(17)14-8-5-6-9-10(7-8)19-13(15-9)16-12(18)4-2/h5-7H,3-4H2,1-2H3,(H,14,17)(H,15,16,18). The number of nitrogens with zero attached hydrogens (tertiary/aromatic N) is 1. The van der Waals surface area contributed by atoms with E-state index in [9.17, 15) is 9.59 Å². The summed E-state index contributed by atoms with van der Waals surface area (Å²) < 4.78 is 0.931. The third kappa shape index (κ3) is 3.29. The fourth-order valence-electron chi connectivity index (χ4n) is 1.51. The van der Waals surface area contributed by atoms with Crippen molar-refractivity contribution in [3.63, 3.8) is 0 Å². The smallest absolute Gasteiger partial charge is 0.225 e. The van der Waals surface area contributed by atoms with Gasteiger partial charge in [0.1, 0.15) is 0 Å². The number of rotatable bonds is 4. The van der Waals surface area contributed by atoms with Crippen LogP contribution in [0, 0.1) is 0 Å². The minimum absolute atomic E-state index is 0.0247. The first-order valence-electron chi connectivity index (χ1n) is 6.12. The molecule has 2 N–H and O–H groups in total. The normalized spacial score (nSPS) is 10.4. The number of hydrogen-bond donors (Lipinski definition) is 2. The molecule has 2 rings (SSSR count). The molecule has 19 heavy (non-hydrogen) atoms. The molecule has 100 valence electrons. The molecule has 0 aliphatic heterocycles. The van der Waals surface area contributed by atoms with Crippen LogP contribution in [0.5, 0.6) is 0 Å². The lowest BCUT2D eigenvalue weighted by Crippen LogP contribution is -2.08. The number of nitrogens with one attached hydrogen (secondary N) is 2. The third-order valence-electron chi connectivity index (χ3n) is 2.56. The van der Waals surface area contributed by atoms with Crippen LogP contribution in [0.15, 0.2) is 18.2 Å². The summed E-state index contributed by atoms with van der Waals surface area (Å²) in [5.74, 6) is -0.0815. The zero-order chi connectivity index (χ0) is 13.8. The molecule has 0 aliphatic carbocycles. The summed E-state index contributed by atoms with van der Waals surface area (Å²) in [6.45, 7) is 3.60. The largest absolute Gasteiger partial charge is 0.326 e. The summed E-state index contributed by atoms with van der Waals surface area (Å²) in [4.78, 5) is 26.9.